The van der Waals surface area contributed by atoms with Gasteiger partial charge in [-0.15, -0.1) is 0 Å². The first-order valence-corrected chi connectivity index (χ1v) is 5.66. The van der Waals surface area contributed by atoms with E-state index in [1.165, 1.54) is 11.1 Å². The van der Waals surface area contributed by atoms with E-state index in [0.717, 1.165) is 25.3 Å². The van der Waals surface area contributed by atoms with Crippen LogP contribution in [0, 0.1) is 0 Å². The minimum Gasteiger partial charge on any atom is -0.370 e. The Labute approximate surface area is 91.4 Å². The second kappa shape index (κ2) is 4.47. The number of hydrogen-bond donors (Lipinski definition) is 1. The molecular weight excluding hydrogens is 184 g/mol. The van der Waals surface area contributed by atoms with Crippen LogP contribution in [0.25, 0.3) is 0 Å². The normalized spacial score (nSPS) is 16.1. The number of benzene rings is 1. The maximum Gasteiger partial charge on any atom is 0.128 e. The predicted octanol–water partition coefficient (Wildman–Crippen LogP) is 2.55. The fraction of sp³-hybridized carbons (Fsp3) is 0.462. The van der Waals surface area contributed by atoms with Crippen LogP contribution in [0.4, 0.5) is 0 Å². The number of rotatable bonds is 2. The van der Waals surface area contributed by atoms with E-state index in [2.05, 4.69) is 48.4 Å². The monoisotopic (exact) mass is 202 g/mol. The first-order chi connectivity index (χ1) is 7.27. The lowest BCUT2D eigenvalue weighted by molar-refractivity contribution is 0.742. The summed E-state index contributed by atoms with van der Waals surface area (Å²) in [4.78, 5) is 4.48. The van der Waals surface area contributed by atoms with Crippen LogP contribution >= 0.6 is 0 Å². The van der Waals surface area contributed by atoms with E-state index in [-0.39, 0.29) is 0 Å². The summed E-state index contributed by atoms with van der Waals surface area (Å²) in [5.74, 6) is 1.65. The molecule has 0 aliphatic carbocycles. The van der Waals surface area contributed by atoms with E-state index >= 15 is 0 Å². The van der Waals surface area contributed by atoms with Crippen LogP contribution in [0.3, 0.4) is 0 Å². The van der Waals surface area contributed by atoms with Gasteiger partial charge in [-0.2, -0.15) is 0 Å². The van der Waals surface area contributed by atoms with Crippen molar-refractivity contribution in [1.29, 1.82) is 0 Å². The van der Waals surface area contributed by atoms with E-state index in [0.29, 0.717) is 5.92 Å². The number of hydrogen-bond acceptors (Lipinski definition) is 2. The Balaban J connectivity index is 2.19. The lowest BCUT2D eigenvalue weighted by Crippen LogP contribution is -2.30. The molecule has 0 saturated heterocycles. The van der Waals surface area contributed by atoms with Gasteiger partial charge in [0.1, 0.15) is 5.84 Å². The molecule has 0 amide bonds. The van der Waals surface area contributed by atoms with Crippen LogP contribution in [-0.2, 0) is 0 Å². The van der Waals surface area contributed by atoms with E-state index in [1.807, 2.05) is 0 Å². The molecule has 0 bridgehead atoms. The molecule has 1 aromatic rings. The summed E-state index contributed by atoms with van der Waals surface area (Å²) in [6.07, 6.45) is 1.15. The van der Waals surface area contributed by atoms with E-state index < -0.39 is 0 Å². The van der Waals surface area contributed by atoms with Crippen LogP contribution in [0.15, 0.2) is 29.3 Å². The number of amidine groups is 1. The van der Waals surface area contributed by atoms with Crippen molar-refractivity contribution in [2.75, 3.05) is 13.1 Å². The molecule has 15 heavy (non-hydrogen) atoms. The fourth-order valence-electron chi connectivity index (χ4n) is 1.75. The van der Waals surface area contributed by atoms with E-state index in [1.54, 1.807) is 0 Å². The molecule has 80 valence electrons. The highest BCUT2D eigenvalue weighted by atomic mass is 15.0. The Morgan fingerprint density at radius 3 is 2.47 bits per heavy atom. The molecule has 0 fully saturated rings. The lowest BCUT2D eigenvalue weighted by Gasteiger charge is -2.15. The van der Waals surface area contributed by atoms with Crippen LogP contribution in [-0.4, -0.2) is 18.9 Å². The first-order valence-electron chi connectivity index (χ1n) is 5.66. The molecule has 2 rings (SSSR count). The zero-order chi connectivity index (χ0) is 10.7. The summed E-state index contributed by atoms with van der Waals surface area (Å²) in [6.45, 7) is 6.43. The summed E-state index contributed by atoms with van der Waals surface area (Å²) >= 11 is 0. The Bertz CT molecular complexity index is 349. The van der Waals surface area contributed by atoms with Gasteiger partial charge in [0.2, 0.25) is 0 Å². The minimum absolute atomic E-state index is 0.598. The molecule has 0 unspecified atom stereocenters. The highest BCUT2D eigenvalue weighted by molar-refractivity contribution is 5.99. The van der Waals surface area contributed by atoms with Gasteiger partial charge < -0.3 is 5.32 Å². The van der Waals surface area contributed by atoms with Crippen molar-refractivity contribution in [2.24, 2.45) is 4.99 Å². The average molecular weight is 202 g/mol. The molecule has 0 radical (unpaired) electrons. The third-order valence-corrected chi connectivity index (χ3v) is 2.75. The third kappa shape index (κ3) is 2.38. The highest BCUT2D eigenvalue weighted by Gasteiger charge is 2.06. The van der Waals surface area contributed by atoms with E-state index in [9.17, 15) is 0 Å². The molecule has 1 aliphatic rings. The second-order valence-electron chi connectivity index (χ2n) is 4.29. The van der Waals surface area contributed by atoms with Crippen molar-refractivity contribution < 1.29 is 0 Å². The molecule has 2 heteroatoms. The molecule has 1 aliphatic heterocycles. The average Bonchev–Trinajstić information content (AvgIpc) is 2.30. The molecule has 0 atom stereocenters. The predicted molar refractivity (Wildman–Crippen MR) is 64.6 cm³/mol. The maximum atomic E-state index is 4.48. The summed E-state index contributed by atoms with van der Waals surface area (Å²) in [5.41, 5.74) is 2.59. The summed E-state index contributed by atoms with van der Waals surface area (Å²) in [7, 11) is 0. The molecule has 1 aromatic carbocycles. The van der Waals surface area contributed by atoms with Gasteiger partial charge in [0.15, 0.2) is 0 Å². The topological polar surface area (TPSA) is 24.4 Å². The Kier molecular flexibility index (Phi) is 3.05. The van der Waals surface area contributed by atoms with E-state index in [4.69, 9.17) is 0 Å². The van der Waals surface area contributed by atoms with Crippen LogP contribution in [0.2, 0.25) is 0 Å². The van der Waals surface area contributed by atoms with Crippen LogP contribution < -0.4 is 5.32 Å². The van der Waals surface area contributed by atoms with Crippen molar-refractivity contribution in [3.63, 3.8) is 0 Å². The lowest BCUT2D eigenvalue weighted by atomic mass is 10.0. The maximum absolute atomic E-state index is 4.48. The van der Waals surface area contributed by atoms with Gasteiger partial charge in [-0.1, -0.05) is 38.1 Å². The van der Waals surface area contributed by atoms with Gasteiger partial charge >= 0.3 is 0 Å². The number of nitrogens with zero attached hydrogens (tertiary/aromatic N) is 1. The summed E-state index contributed by atoms with van der Waals surface area (Å²) < 4.78 is 0. The molecule has 1 N–H and O–H groups in total. The van der Waals surface area contributed by atoms with Gasteiger partial charge in [-0.05, 0) is 17.9 Å². The van der Waals surface area contributed by atoms with Crippen LogP contribution in [0.5, 0.6) is 0 Å². The van der Waals surface area contributed by atoms with Crippen LogP contribution in [0.1, 0.15) is 37.3 Å². The van der Waals surface area contributed by atoms with Crippen molar-refractivity contribution >= 4 is 5.84 Å². The van der Waals surface area contributed by atoms with Gasteiger partial charge in [0.05, 0.1) is 0 Å². The zero-order valence-electron chi connectivity index (χ0n) is 9.46. The highest BCUT2D eigenvalue weighted by Crippen LogP contribution is 2.15. The third-order valence-electron chi connectivity index (χ3n) is 2.75. The van der Waals surface area contributed by atoms with Gasteiger partial charge in [-0.3, -0.25) is 4.99 Å². The number of nitrogens with one attached hydrogen (secondary N) is 1. The molecule has 0 spiro atoms. The van der Waals surface area contributed by atoms with Crippen molar-refractivity contribution in [3.05, 3.63) is 35.4 Å². The summed E-state index contributed by atoms with van der Waals surface area (Å²) in [5, 5.41) is 3.33. The van der Waals surface area contributed by atoms with Crippen molar-refractivity contribution in [3.8, 4) is 0 Å². The van der Waals surface area contributed by atoms with Crippen molar-refractivity contribution in [2.45, 2.75) is 26.2 Å². The first kappa shape index (κ1) is 10.2. The second-order valence-corrected chi connectivity index (χ2v) is 4.29. The standard InChI is InChI=1S/C13H18N2/c1-10(2)11-4-6-12(7-5-11)13-14-8-3-9-15-13/h4-7,10H,3,8-9H2,1-2H3,(H,14,15). The Hall–Kier alpha value is -1.31. The van der Waals surface area contributed by atoms with Gasteiger partial charge in [-0.25, -0.2) is 0 Å². The molecule has 0 saturated carbocycles. The molecule has 2 nitrogen and oxygen atoms in total. The molecular formula is C13H18N2. The van der Waals surface area contributed by atoms with Gasteiger partial charge in [0, 0.05) is 18.7 Å². The Morgan fingerprint density at radius 1 is 1.20 bits per heavy atom. The largest absolute Gasteiger partial charge is 0.370 e. The zero-order valence-corrected chi connectivity index (χ0v) is 9.46. The van der Waals surface area contributed by atoms with Gasteiger partial charge in [0.25, 0.3) is 0 Å². The minimum atomic E-state index is 0.598. The SMILES string of the molecule is CC(C)c1ccc(C2=NCCCN2)cc1. The molecule has 1 heterocycles. The Morgan fingerprint density at radius 2 is 1.93 bits per heavy atom. The fourth-order valence-corrected chi connectivity index (χ4v) is 1.75. The quantitative estimate of drug-likeness (QED) is 0.783. The summed E-state index contributed by atoms with van der Waals surface area (Å²) in [6, 6.07) is 8.70. The smallest absolute Gasteiger partial charge is 0.128 e. The van der Waals surface area contributed by atoms with Crippen molar-refractivity contribution in [1.82, 2.24) is 5.32 Å². The number of aliphatic imine (C=N–C) groups is 1. The molecule has 0 aromatic heterocycles.